The zero-order valence-electron chi connectivity index (χ0n) is 35.2. The van der Waals surface area contributed by atoms with Crippen LogP contribution in [0.15, 0.2) is 96.6 Å². The number of H-pyrrole nitrogens is 1. The number of nitrogens with zero attached hydrogens (tertiary/aromatic N) is 2. The van der Waals surface area contributed by atoms with Crippen LogP contribution >= 0.6 is 0 Å². The third-order valence-electron chi connectivity index (χ3n) is 8.46. The minimum absolute atomic E-state index is 0.0842. The number of carbonyl (C=O) groups excluding carboxylic acids is 3. The van der Waals surface area contributed by atoms with Gasteiger partial charge in [0.2, 0.25) is 5.91 Å². The average Bonchev–Trinajstić information content (AvgIpc) is 3.70. The molecule has 7 rings (SSSR count). The Kier molecular flexibility index (Phi) is 21.8. The van der Waals surface area contributed by atoms with Gasteiger partial charge in [-0.25, -0.2) is 0 Å². The molecule has 0 bridgehead atoms. The largest absolute Gasteiger partial charge is 0.488 e. The highest BCUT2D eigenvalue weighted by Gasteiger charge is 2.31. The second kappa shape index (κ2) is 26.2. The predicted molar refractivity (Wildman–Crippen MR) is 232 cm³/mol. The zero-order valence-corrected chi connectivity index (χ0v) is 35.2. The first-order valence-corrected chi connectivity index (χ1v) is 20.1. The SMILES string of the molecule is CC.CC.CC.CC.CNCc1cc2cnccc2[nH]1.O=CCN1C(=O)C(NCc2ccc3c(c2)C2=C(C=CCC2)CO3)=CNC1c1ccc(NC(=O)CO)cc1. The number of fused-ring (bicyclic) bond motifs is 3. The number of aliphatic hydroxyl groups excluding tert-OH is 1. The van der Waals surface area contributed by atoms with Crippen molar-refractivity contribution in [2.75, 3.05) is 32.1 Å². The molecule has 6 N–H and O–H groups in total. The van der Waals surface area contributed by atoms with Gasteiger partial charge in [-0.15, -0.1) is 0 Å². The average molecular weight is 782 g/mol. The number of nitrogens with one attached hydrogen (secondary N) is 5. The van der Waals surface area contributed by atoms with Crippen molar-refractivity contribution in [3.8, 4) is 5.75 Å². The monoisotopic (exact) mass is 781 g/mol. The van der Waals surface area contributed by atoms with Crippen molar-refractivity contribution < 1.29 is 24.2 Å². The van der Waals surface area contributed by atoms with Crippen LogP contribution in [0.25, 0.3) is 16.5 Å². The molecule has 12 heteroatoms. The highest BCUT2D eigenvalue weighted by Crippen LogP contribution is 2.38. The summed E-state index contributed by atoms with van der Waals surface area (Å²) in [5, 5.41) is 22.1. The number of aliphatic hydroxyl groups is 1. The van der Waals surface area contributed by atoms with Crippen LogP contribution in [0.5, 0.6) is 5.75 Å². The Morgan fingerprint density at radius 2 is 1.74 bits per heavy atom. The highest BCUT2D eigenvalue weighted by molar-refractivity contribution is 5.95. The fourth-order valence-corrected chi connectivity index (χ4v) is 6.08. The molecule has 57 heavy (non-hydrogen) atoms. The molecule has 308 valence electrons. The number of benzene rings is 2. The summed E-state index contributed by atoms with van der Waals surface area (Å²) in [5.74, 6) is 0.0748. The lowest BCUT2D eigenvalue weighted by Gasteiger charge is -2.35. The smallest absolute Gasteiger partial charge is 0.273 e. The molecule has 2 aliphatic heterocycles. The Labute approximate surface area is 338 Å². The summed E-state index contributed by atoms with van der Waals surface area (Å²) < 4.78 is 5.91. The molecule has 0 saturated heterocycles. The summed E-state index contributed by atoms with van der Waals surface area (Å²) >= 11 is 0. The summed E-state index contributed by atoms with van der Waals surface area (Å²) in [6, 6.07) is 17.0. The first kappa shape index (κ1) is 47.4. The number of aromatic nitrogens is 2. The van der Waals surface area contributed by atoms with Gasteiger partial charge in [0.15, 0.2) is 0 Å². The van der Waals surface area contributed by atoms with Gasteiger partial charge in [-0.2, -0.15) is 0 Å². The van der Waals surface area contributed by atoms with Crippen LogP contribution in [0.2, 0.25) is 0 Å². The topological polar surface area (TPSA) is 161 Å². The van der Waals surface area contributed by atoms with E-state index in [1.807, 2.05) is 86.8 Å². The van der Waals surface area contributed by atoms with Crippen molar-refractivity contribution >= 4 is 40.3 Å². The van der Waals surface area contributed by atoms with Gasteiger partial charge in [0, 0.05) is 59.5 Å². The van der Waals surface area contributed by atoms with Gasteiger partial charge in [-0.3, -0.25) is 14.6 Å². The fraction of sp³-hybridized carbons (Fsp3) is 0.378. The van der Waals surface area contributed by atoms with E-state index in [9.17, 15) is 14.4 Å². The molecule has 2 aromatic carbocycles. The number of allylic oxidation sites excluding steroid dienone is 2. The molecular formula is C45H63N7O5. The van der Waals surface area contributed by atoms with E-state index >= 15 is 0 Å². The second-order valence-corrected chi connectivity index (χ2v) is 11.8. The van der Waals surface area contributed by atoms with E-state index in [1.54, 1.807) is 36.7 Å². The van der Waals surface area contributed by atoms with Gasteiger partial charge in [-0.1, -0.05) is 85.7 Å². The molecule has 4 aromatic rings. The zero-order chi connectivity index (χ0) is 42.2. The minimum Gasteiger partial charge on any atom is -0.488 e. The first-order chi connectivity index (χ1) is 28.0. The third-order valence-corrected chi connectivity index (χ3v) is 8.46. The van der Waals surface area contributed by atoms with Crippen LogP contribution in [0.4, 0.5) is 5.69 Å². The van der Waals surface area contributed by atoms with E-state index < -0.39 is 18.7 Å². The number of aldehydes is 1. The lowest BCUT2D eigenvalue weighted by molar-refractivity contribution is -0.133. The van der Waals surface area contributed by atoms with Crippen molar-refractivity contribution in [2.24, 2.45) is 0 Å². The predicted octanol–water partition coefficient (Wildman–Crippen LogP) is 7.76. The van der Waals surface area contributed by atoms with E-state index in [2.05, 4.69) is 55.5 Å². The Bertz CT molecular complexity index is 1900. The van der Waals surface area contributed by atoms with Crippen LogP contribution in [0.3, 0.4) is 0 Å². The molecule has 2 amide bonds. The Morgan fingerprint density at radius 3 is 2.40 bits per heavy atom. The number of hydrogen-bond acceptors (Lipinski definition) is 9. The molecule has 1 atom stereocenters. The molecule has 0 spiro atoms. The molecule has 12 nitrogen and oxygen atoms in total. The van der Waals surface area contributed by atoms with Gasteiger partial charge in [0.25, 0.3) is 5.91 Å². The highest BCUT2D eigenvalue weighted by atomic mass is 16.5. The van der Waals surface area contributed by atoms with Crippen molar-refractivity contribution in [2.45, 2.75) is 87.5 Å². The maximum Gasteiger partial charge on any atom is 0.273 e. The van der Waals surface area contributed by atoms with Gasteiger partial charge in [0.1, 0.15) is 37.1 Å². The van der Waals surface area contributed by atoms with Crippen LogP contribution in [0, 0.1) is 0 Å². The van der Waals surface area contributed by atoms with E-state index in [1.165, 1.54) is 27.1 Å². The van der Waals surface area contributed by atoms with Gasteiger partial charge in [0.05, 0.1) is 6.54 Å². The molecule has 1 unspecified atom stereocenters. The van der Waals surface area contributed by atoms with Gasteiger partial charge in [-0.05, 0) is 78.6 Å². The van der Waals surface area contributed by atoms with Crippen LogP contribution in [-0.4, -0.2) is 64.9 Å². The summed E-state index contributed by atoms with van der Waals surface area (Å²) in [4.78, 5) is 44.8. The summed E-state index contributed by atoms with van der Waals surface area (Å²) in [6.07, 6.45) is 11.8. The third kappa shape index (κ3) is 13.2. The summed E-state index contributed by atoms with van der Waals surface area (Å²) in [7, 11) is 1.93. The van der Waals surface area contributed by atoms with E-state index in [0.29, 0.717) is 30.8 Å². The van der Waals surface area contributed by atoms with Crippen LogP contribution in [0.1, 0.15) is 96.8 Å². The summed E-state index contributed by atoms with van der Waals surface area (Å²) in [5.41, 5.74) is 8.63. The fourth-order valence-electron chi connectivity index (χ4n) is 6.08. The van der Waals surface area contributed by atoms with Crippen molar-refractivity contribution in [1.82, 2.24) is 30.8 Å². The number of hydrogen-bond donors (Lipinski definition) is 6. The Hall–Kier alpha value is -5.72. The minimum atomic E-state index is -0.608. The quantitative estimate of drug-likeness (QED) is 0.0884. The van der Waals surface area contributed by atoms with E-state index in [-0.39, 0.29) is 12.5 Å². The normalized spacial score (nSPS) is 14.5. The number of amides is 2. The number of aromatic amines is 1. The van der Waals surface area contributed by atoms with E-state index in [0.717, 1.165) is 47.3 Å². The molecule has 4 heterocycles. The molecule has 0 radical (unpaired) electrons. The first-order valence-electron chi connectivity index (χ1n) is 20.1. The number of ether oxygens (including phenoxy) is 1. The van der Waals surface area contributed by atoms with Crippen molar-refractivity contribution in [3.05, 3.63) is 119 Å². The summed E-state index contributed by atoms with van der Waals surface area (Å²) in [6.45, 7) is 17.2. The van der Waals surface area contributed by atoms with Crippen molar-refractivity contribution in [1.29, 1.82) is 0 Å². The Morgan fingerprint density at radius 1 is 1.00 bits per heavy atom. The maximum absolute atomic E-state index is 13.3. The molecule has 0 fully saturated rings. The number of pyridine rings is 1. The standard InChI is InChI=1S/C28H28N4O5.C9H11N3.4C2H6/c33-12-11-32-27(19-6-8-21(9-7-19)31-26(35)16-34)30-15-24(28(32)36)29-14-18-5-10-25-23(13-18)22-4-2-1-3-20(22)17-37-25;1-10-6-8-4-7-5-11-3-2-9(7)12-8;4*1-2/h1,3,5-10,12-13,15,27,29-30,34H,2,4,11,14,16-17H2,(H,31,35);2-5,10,12H,6H2,1H3;4*1-2H3. The lowest BCUT2D eigenvalue weighted by atomic mass is 9.89. The molecular weight excluding hydrogens is 719 g/mol. The van der Waals surface area contributed by atoms with Crippen LogP contribution < -0.4 is 26.0 Å². The number of anilines is 1. The van der Waals surface area contributed by atoms with Gasteiger partial charge < -0.3 is 45.8 Å². The van der Waals surface area contributed by atoms with Crippen LogP contribution in [-0.2, 0) is 27.5 Å². The van der Waals surface area contributed by atoms with Gasteiger partial charge >= 0.3 is 0 Å². The van der Waals surface area contributed by atoms with E-state index in [4.69, 9.17) is 9.84 Å². The number of rotatable bonds is 10. The lowest BCUT2D eigenvalue weighted by Crippen LogP contribution is -2.48. The Balaban J connectivity index is 0.000000466. The number of carbonyl (C=O) groups is 3. The molecule has 1 aliphatic carbocycles. The molecule has 0 saturated carbocycles. The molecule has 2 aromatic heterocycles. The second-order valence-electron chi connectivity index (χ2n) is 11.8. The van der Waals surface area contributed by atoms with Crippen molar-refractivity contribution in [3.63, 3.8) is 0 Å². The molecule has 3 aliphatic rings. The maximum atomic E-state index is 13.3.